The molecule has 2 amide bonds. The third kappa shape index (κ3) is 3.56. The molecular formula is C16H20N3O3S. The van der Waals surface area contributed by atoms with Gasteiger partial charge in [-0.1, -0.05) is 18.2 Å². The number of thiol groups is 1. The number of amides is 2. The van der Waals surface area contributed by atoms with Gasteiger partial charge in [0.1, 0.15) is 6.04 Å². The number of rotatable bonds is 5. The predicted octanol–water partition coefficient (Wildman–Crippen LogP) is 0.160. The highest BCUT2D eigenvalue weighted by molar-refractivity contribution is 7.80. The SMILES string of the molecule is CN(C(=O)C(N)CS)[C@H]1CCc2ccccc2N(C[C]=O)C1=O. The number of para-hydroxylation sites is 1. The normalized spacial score (nSPS) is 18.8. The van der Waals surface area contributed by atoms with Gasteiger partial charge in [0.25, 0.3) is 0 Å². The minimum absolute atomic E-state index is 0.160. The summed E-state index contributed by atoms with van der Waals surface area (Å²) in [6.07, 6.45) is 2.89. The molecule has 1 unspecified atom stereocenters. The summed E-state index contributed by atoms with van der Waals surface area (Å²) in [7, 11) is 1.56. The van der Waals surface area contributed by atoms with Gasteiger partial charge < -0.3 is 15.5 Å². The van der Waals surface area contributed by atoms with Gasteiger partial charge in [-0.3, -0.25) is 14.4 Å². The Hall–Kier alpha value is -1.86. The summed E-state index contributed by atoms with van der Waals surface area (Å²) in [5.74, 6) is -0.421. The highest BCUT2D eigenvalue weighted by atomic mass is 32.1. The van der Waals surface area contributed by atoms with Crippen LogP contribution in [-0.4, -0.2) is 54.4 Å². The Balaban J connectivity index is 2.33. The van der Waals surface area contributed by atoms with Crippen LogP contribution in [0.3, 0.4) is 0 Å². The van der Waals surface area contributed by atoms with Crippen LogP contribution in [0.2, 0.25) is 0 Å². The zero-order chi connectivity index (χ0) is 17.0. The van der Waals surface area contributed by atoms with E-state index in [0.717, 1.165) is 5.56 Å². The van der Waals surface area contributed by atoms with Gasteiger partial charge in [0.05, 0.1) is 12.6 Å². The summed E-state index contributed by atoms with van der Waals surface area (Å²) in [6, 6.07) is 6.01. The summed E-state index contributed by atoms with van der Waals surface area (Å²) in [6.45, 7) is -0.160. The molecule has 1 radical (unpaired) electrons. The Kier molecular flexibility index (Phi) is 5.79. The van der Waals surface area contributed by atoms with Crippen molar-refractivity contribution in [3.63, 3.8) is 0 Å². The molecule has 0 saturated carbocycles. The van der Waals surface area contributed by atoms with Gasteiger partial charge >= 0.3 is 0 Å². The second-order valence-electron chi connectivity index (χ2n) is 5.49. The summed E-state index contributed by atoms with van der Waals surface area (Å²) in [4.78, 5) is 38.7. The van der Waals surface area contributed by atoms with E-state index in [1.807, 2.05) is 18.2 Å². The second-order valence-corrected chi connectivity index (χ2v) is 5.86. The van der Waals surface area contributed by atoms with E-state index in [2.05, 4.69) is 12.6 Å². The Morgan fingerprint density at radius 3 is 2.87 bits per heavy atom. The lowest BCUT2D eigenvalue weighted by atomic mass is 10.0. The van der Waals surface area contributed by atoms with Gasteiger partial charge in [0.2, 0.25) is 18.1 Å². The molecule has 7 heteroatoms. The zero-order valence-corrected chi connectivity index (χ0v) is 13.8. The molecule has 1 heterocycles. The largest absolute Gasteiger partial charge is 0.332 e. The Labute approximate surface area is 141 Å². The third-order valence-corrected chi connectivity index (χ3v) is 4.47. The molecule has 0 saturated heterocycles. The first-order valence-electron chi connectivity index (χ1n) is 7.38. The van der Waals surface area contributed by atoms with Crippen molar-refractivity contribution in [3.05, 3.63) is 29.8 Å². The Morgan fingerprint density at radius 2 is 2.22 bits per heavy atom. The maximum Gasteiger partial charge on any atom is 0.250 e. The molecule has 2 rings (SSSR count). The number of likely N-dealkylation sites (N-methyl/N-ethyl adjacent to an activating group) is 1. The minimum atomic E-state index is -0.757. The molecular weight excluding hydrogens is 314 g/mol. The van der Waals surface area contributed by atoms with E-state index in [1.54, 1.807) is 19.4 Å². The van der Waals surface area contributed by atoms with Crippen LogP contribution in [0.5, 0.6) is 0 Å². The van der Waals surface area contributed by atoms with Crippen molar-refractivity contribution in [2.24, 2.45) is 5.73 Å². The van der Waals surface area contributed by atoms with Crippen LogP contribution in [0.1, 0.15) is 12.0 Å². The van der Waals surface area contributed by atoms with Gasteiger partial charge in [-0.2, -0.15) is 12.6 Å². The van der Waals surface area contributed by atoms with Gasteiger partial charge in [-0.25, -0.2) is 0 Å². The van der Waals surface area contributed by atoms with Crippen LogP contribution >= 0.6 is 12.6 Å². The van der Waals surface area contributed by atoms with Crippen molar-refractivity contribution < 1.29 is 14.4 Å². The lowest BCUT2D eigenvalue weighted by molar-refractivity contribution is -0.138. The third-order valence-electron chi connectivity index (χ3n) is 4.07. The number of carbonyl (C=O) groups is 2. The van der Waals surface area contributed by atoms with E-state index < -0.39 is 12.1 Å². The van der Waals surface area contributed by atoms with Crippen LogP contribution in [0.4, 0.5) is 5.69 Å². The average molecular weight is 334 g/mol. The number of fused-ring (bicyclic) bond motifs is 1. The lowest BCUT2D eigenvalue weighted by Crippen LogP contribution is -2.53. The van der Waals surface area contributed by atoms with Crippen molar-refractivity contribution in [1.82, 2.24) is 4.90 Å². The minimum Gasteiger partial charge on any atom is -0.332 e. The number of aryl methyl sites for hydroxylation is 1. The van der Waals surface area contributed by atoms with Crippen LogP contribution in [0.15, 0.2) is 24.3 Å². The first-order valence-corrected chi connectivity index (χ1v) is 8.02. The molecule has 6 nitrogen and oxygen atoms in total. The molecule has 0 fully saturated rings. The van der Waals surface area contributed by atoms with Crippen molar-refractivity contribution in [2.45, 2.75) is 24.9 Å². The van der Waals surface area contributed by atoms with Crippen LogP contribution in [-0.2, 0) is 20.8 Å². The molecule has 1 aromatic carbocycles. The fourth-order valence-corrected chi connectivity index (χ4v) is 2.94. The van der Waals surface area contributed by atoms with Crippen LogP contribution < -0.4 is 10.6 Å². The van der Waals surface area contributed by atoms with Gasteiger partial charge in [-0.15, -0.1) is 0 Å². The van der Waals surface area contributed by atoms with E-state index in [9.17, 15) is 14.4 Å². The summed E-state index contributed by atoms with van der Waals surface area (Å²) < 4.78 is 0. The molecule has 2 atom stereocenters. The standard InChI is InChI=1S/C16H20N3O3S/c1-18(15(21)12(17)10-23)14-7-6-11-4-2-3-5-13(11)19(8-9-20)16(14)22/h2-5,12,14,23H,6-8,10,17H2,1H3/t12?,14-/m0/s1. The maximum atomic E-state index is 12.8. The van der Waals surface area contributed by atoms with E-state index >= 15 is 0 Å². The first-order chi connectivity index (χ1) is 11.0. The van der Waals surface area contributed by atoms with E-state index in [1.165, 1.54) is 9.80 Å². The van der Waals surface area contributed by atoms with E-state index in [4.69, 9.17) is 5.73 Å². The monoisotopic (exact) mass is 334 g/mol. The number of nitrogens with two attached hydrogens (primary N) is 1. The van der Waals surface area contributed by atoms with Crippen molar-refractivity contribution in [1.29, 1.82) is 0 Å². The van der Waals surface area contributed by atoms with Gasteiger partial charge in [0.15, 0.2) is 0 Å². The first kappa shape index (κ1) is 17.5. The predicted molar refractivity (Wildman–Crippen MR) is 91.2 cm³/mol. The fraction of sp³-hybridized carbons (Fsp3) is 0.438. The summed E-state index contributed by atoms with van der Waals surface area (Å²) >= 11 is 4.03. The molecule has 0 bridgehead atoms. The van der Waals surface area contributed by atoms with E-state index in [0.29, 0.717) is 18.5 Å². The number of nitrogens with zero attached hydrogens (tertiary/aromatic N) is 2. The Morgan fingerprint density at radius 1 is 1.52 bits per heavy atom. The molecule has 0 spiro atoms. The quantitative estimate of drug-likeness (QED) is 0.752. The summed E-state index contributed by atoms with van der Waals surface area (Å²) in [5, 5.41) is 0. The number of anilines is 1. The number of benzene rings is 1. The van der Waals surface area contributed by atoms with Crippen molar-refractivity contribution in [2.75, 3.05) is 24.2 Å². The van der Waals surface area contributed by atoms with Gasteiger partial charge in [-0.05, 0) is 24.5 Å². The molecule has 0 aromatic heterocycles. The number of hydrogen-bond acceptors (Lipinski definition) is 5. The van der Waals surface area contributed by atoms with Crippen molar-refractivity contribution in [3.8, 4) is 0 Å². The molecule has 23 heavy (non-hydrogen) atoms. The second kappa shape index (κ2) is 7.61. The molecule has 123 valence electrons. The van der Waals surface area contributed by atoms with Crippen LogP contribution in [0, 0.1) is 0 Å². The molecule has 0 aliphatic carbocycles. The maximum absolute atomic E-state index is 12.8. The topological polar surface area (TPSA) is 83.7 Å². The number of carbonyl (C=O) groups excluding carboxylic acids is 3. The number of hydrogen-bond donors (Lipinski definition) is 2. The van der Waals surface area contributed by atoms with Crippen molar-refractivity contribution >= 4 is 36.4 Å². The molecule has 2 N–H and O–H groups in total. The summed E-state index contributed by atoms with van der Waals surface area (Å²) in [5.41, 5.74) is 7.40. The molecule has 1 aliphatic heterocycles. The average Bonchev–Trinajstić information content (AvgIpc) is 2.71. The highest BCUT2D eigenvalue weighted by Gasteiger charge is 2.35. The zero-order valence-electron chi connectivity index (χ0n) is 12.9. The van der Waals surface area contributed by atoms with E-state index in [-0.39, 0.29) is 24.1 Å². The highest BCUT2D eigenvalue weighted by Crippen LogP contribution is 2.28. The lowest BCUT2D eigenvalue weighted by Gasteiger charge is -2.31. The smallest absolute Gasteiger partial charge is 0.250 e. The molecule has 1 aromatic rings. The van der Waals surface area contributed by atoms with Gasteiger partial charge in [0, 0.05) is 18.5 Å². The van der Waals surface area contributed by atoms with Crippen LogP contribution in [0.25, 0.3) is 0 Å². The Bertz CT molecular complexity index is 608. The fourth-order valence-electron chi connectivity index (χ4n) is 2.78. The molecule has 1 aliphatic rings.